The van der Waals surface area contributed by atoms with Gasteiger partial charge in [-0.15, -0.1) is 0 Å². The van der Waals surface area contributed by atoms with Crippen LogP contribution in [0.25, 0.3) is 0 Å². The second kappa shape index (κ2) is 7.24. The van der Waals surface area contributed by atoms with Crippen LogP contribution in [0.5, 0.6) is 0 Å². The number of nitriles is 1. The molecule has 0 aromatic heterocycles. The van der Waals surface area contributed by atoms with Crippen molar-refractivity contribution in [3.63, 3.8) is 0 Å². The van der Waals surface area contributed by atoms with Gasteiger partial charge in [0.25, 0.3) is 0 Å². The van der Waals surface area contributed by atoms with Gasteiger partial charge < -0.3 is 10.2 Å². The molecule has 0 saturated carbocycles. The summed E-state index contributed by atoms with van der Waals surface area (Å²) in [5.41, 5.74) is 1.74. The van der Waals surface area contributed by atoms with Gasteiger partial charge in [0.1, 0.15) is 0 Å². The number of hydrogen-bond acceptors (Lipinski definition) is 3. The summed E-state index contributed by atoms with van der Waals surface area (Å²) in [5.74, 6) is 0.191. The smallest absolute Gasteiger partial charge is 0.239 e. The second-order valence-electron chi connectivity index (χ2n) is 5.79. The highest BCUT2D eigenvalue weighted by atomic mass is 16.2. The quantitative estimate of drug-likeness (QED) is 0.924. The van der Waals surface area contributed by atoms with E-state index >= 15 is 0 Å². The van der Waals surface area contributed by atoms with Crippen LogP contribution in [0.1, 0.15) is 44.2 Å². The van der Waals surface area contributed by atoms with Crippen LogP contribution < -0.4 is 5.32 Å². The van der Waals surface area contributed by atoms with Gasteiger partial charge in [-0.3, -0.25) is 4.79 Å². The number of benzene rings is 1. The first-order valence-corrected chi connectivity index (χ1v) is 7.64. The third-order valence-electron chi connectivity index (χ3n) is 4.15. The molecule has 0 radical (unpaired) electrons. The molecule has 1 aliphatic heterocycles. The van der Waals surface area contributed by atoms with Gasteiger partial charge >= 0.3 is 0 Å². The van der Waals surface area contributed by atoms with E-state index < -0.39 is 0 Å². The predicted molar refractivity (Wildman–Crippen MR) is 82.5 cm³/mol. The largest absolute Gasteiger partial charge is 0.339 e. The Morgan fingerprint density at radius 1 is 1.43 bits per heavy atom. The summed E-state index contributed by atoms with van der Waals surface area (Å²) in [6, 6.07) is 9.73. The van der Waals surface area contributed by atoms with E-state index in [9.17, 15) is 4.79 Å². The van der Waals surface area contributed by atoms with Crippen LogP contribution in [0.4, 0.5) is 0 Å². The summed E-state index contributed by atoms with van der Waals surface area (Å²) in [6.07, 6.45) is 3.44. The zero-order chi connectivity index (χ0) is 15.2. The van der Waals surface area contributed by atoms with Gasteiger partial charge in [-0.2, -0.15) is 5.26 Å². The molecular weight excluding hydrogens is 262 g/mol. The van der Waals surface area contributed by atoms with Crippen LogP contribution >= 0.6 is 0 Å². The minimum absolute atomic E-state index is 0.179. The van der Waals surface area contributed by atoms with Crippen LogP contribution in [0, 0.1) is 11.3 Å². The average molecular weight is 285 g/mol. The zero-order valence-corrected chi connectivity index (χ0v) is 12.8. The second-order valence-corrected chi connectivity index (χ2v) is 5.79. The van der Waals surface area contributed by atoms with Crippen molar-refractivity contribution in [2.45, 2.75) is 51.7 Å². The number of carbonyl (C=O) groups is 1. The molecule has 0 spiro atoms. The van der Waals surface area contributed by atoms with Crippen LogP contribution in [0.15, 0.2) is 24.3 Å². The van der Waals surface area contributed by atoms with E-state index in [1.54, 1.807) is 12.1 Å². The molecule has 2 atom stereocenters. The molecule has 1 fully saturated rings. The van der Waals surface area contributed by atoms with Crippen molar-refractivity contribution >= 4 is 5.91 Å². The minimum atomic E-state index is -0.179. The van der Waals surface area contributed by atoms with Crippen molar-refractivity contribution in [2.24, 2.45) is 0 Å². The highest BCUT2D eigenvalue weighted by molar-refractivity contribution is 5.81. The summed E-state index contributed by atoms with van der Waals surface area (Å²) < 4.78 is 0. The monoisotopic (exact) mass is 285 g/mol. The molecule has 1 aliphatic rings. The molecule has 1 N–H and O–H groups in total. The van der Waals surface area contributed by atoms with Gasteiger partial charge in [-0.05, 0) is 50.8 Å². The SMILES string of the molecule is C[C@@H]1CCCCN1C(=O)[C@@H](C)NCc1ccc(C#N)cc1. The first-order valence-electron chi connectivity index (χ1n) is 7.64. The van der Waals surface area contributed by atoms with Crippen LogP contribution in [0.2, 0.25) is 0 Å². The Balaban J connectivity index is 1.87. The number of nitrogens with zero attached hydrogens (tertiary/aromatic N) is 2. The predicted octanol–water partition coefficient (Wildman–Crippen LogP) is 2.44. The van der Waals surface area contributed by atoms with Crippen molar-refractivity contribution in [2.75, 3.05) is 6.54 Å². The van der Waals surface area contributed by atoms with Gasteiger partial charge in [0.15, 0.2) is 0 Å². The highest BCUT2D eigenvalue weighted by Gasteiger charge is 2.26. The molecule has 1 aromatic carbocycles. The number of carbonyl (C=O) groups excluding carboxylic acids is 1. The lowest BCUT2D eigenvalue weighted by Crippen LogP contribution is -2.50. The standard InChI is InChI=1S/C17H23N3O/c1-13-5-3-4-10-20(13)17(21)14(2)19-12-16-8-6-15(11-18)7-9-16/h6-9,13-14,19H,3-5,10,12H2,1-2H3/t13-,14-/m1/s1. The van der Waals surface area contributed by atoms with Gasteiger partial charge in [0.2, 0.25) is 5.91 Å². The van der Waals surface area contributed by atoms with E-state index in [4.69, 9.17) is 5.26 Å². The van der Waals surface area contributed by atoms with E-state index in [1.165, 1.54) is 6.42 Å². The summed E-state index contributed by atoms with van der Waals surface area (Å²) in [4.78, 5) is 14.5. The zero-order valence-electron chi connectivity index (χ0n) is 12.8. The molecule has 2 rings (SSSR count). The molecule has 4 heteroatoms. The third kappa shape index (κ3) is 4.05. The van der Waals surface area contributed by atoms with Crippen molar-refractivity contribution < 1.29 is 4.79 Å². The number of nitrogens with one attached hydrogen (secondary N) is 1. The van der Waals surface area contributed by atoms with E-state index in [1.807, 2.05) is 24.0 Å². The Kier molecular flexibility index (Phi) is 5.35. The number of hydrogen-bond donors (Lipinski definition) is 1. The molecule has 1 saturated heterocycles. The van der Waals surface area contributed by atoms with Gasteiger partial charge in [-0.1, -0.05) is 12.1 Å². The lowest BCUT2D eigenvalue weighted by molar-refractivity contribution is -0.136. The fourth-order valence-corrected chi connectivity index (χ4v) is 2.73. The third-order valence-corrected chi connectivity index (χ3v) is 4.15. The van der Waals surface area contributed by atoms with Crippen LogP contribution in [-0.4, -0.2) is 29.4 Å². The number of piperidine rings is 1. The molecule has 4 nitrogen and oxygen atoms in total. The van der Waals surface area contributed by atoms with Crippen molar-refractivity contribution in [3.8, 4) is 6.07 Å². The first-order chi connectivity index (χ1) is 10.1. The molecule has 112 valence electrons. The average Bonchev–Trinajstić information content (AvgIpc) is 2.53. The fraction of sp³-hybridized carbons (Fsp3) is 0.529. The topological polar surface area (TPSA) is 56.1 Å². The van der Waals surface area contributed by atoms with Gasteiger partial charge in [0.05, 0.1) is 17.7 Å². The van der Waals surface area contributed by atoms with Gasteiger partial charge in [0, 0.05) is 19.1 Å². The maximum Gasteiger partial charge on any atom is 0.239 e. The molecule has 1 heterocycles. The Labute approximate surface area is 126 Å². The maximum atomic E-state index is 12.5. The minimum Gasteiger partial charge on any atom is -0.339 e. The normalized spacial score (nSPS) is 19.9. The number of amides is 1. The van der Waals surface area contributed by atoms with E-state index in [0.717, 1.165) is 24.9 Å². The Morgan fingerprint density at radius 3 is 2.76 bits per heavy atom. The Bertz CT molecular complexity index is 518. The summed E-state index contributed by atoms with van der Waals surface area (Å²) in [5, 5.41) is 12.1. The lowest BCUT2D eigenvalue weighted by Gasteiger charge is -2.35. The number of likely N-dealkylation sites (tertiary alicyclic amines) is 1. The molecule has 0 unspecified atom stereocenters. The number of rotatable bonds is 4. The highest BCUT2D eigenvalue weighted by Crippen LogP contribution is 2.17. The van der Waals surface area contributed by atoms with E-state index in [-0.39, 0.29) is 11.9 Å². The first kappa shape index (κ1) is 15.5. The lowest BCUT2D eigenvalue weighted by atomic mass is 10.0. The summed E-state index contributed by atoms with van der Waals surface area (Å²) in [7, 11) is 0. The van der Waals surface area contributed by atoms with Crippen molar-refractivity contribution in [1.82, 2.24) is 10.2 Å². The molecule has 1 aromatic rings. The molecule has 0 bridgehead atoms. The molecule has 0 aliphatic carbocycles. The van der Waals surface area contributed by atoms with Crippen LogP contribution in [-0.2, 0) is 11.3 Å². The van der Waals surface area contributed by atoms with Crippen molar-refractivity contribution in [1.29, 1.82) is 5.26 Å². The fourth-order valence-electron chi connectivity index (χ4n) is 2.73. The molecule has 1 amide bonds. The maximum absolute atomic E-state index is 12.5. The molecular formula is C17H23N3O. The Hall–Kier alpha value is -1.86. The van der Waals surface area contributed by atoms with Crippen molar-refractivity contribution in [3.05, 3.63) is 35.4 Å². The summed E-state index contributed by atoms with van der Waals surface area (Å²) in [6.45, 7) is 5.57. The van der Waals surface area contributed by atoms with Gasteiger partial charge in [-0.25, -0.2) is 0 Å². The Morgan fingerprint density at radius 2 is 2.14 bits per heavy atom. The van der Waals surface area contributed by atoms with E-state index in [2.05, 4.69) is 18.3 Å². The van der Waals surface area contributed by atoms with E-state index in [0.29, 0.717) is 18.2 Å². The summed E-state index contributed by atoms with van der Waals surface area (Å²) >= 11 is 0. The van der Waals surface area contributed by atoms with Crippen LogP contribution in [0.3, 0.4) is 0 Å². The molecule has 21 heavy (non-hydrogen) atoms.